The van der Waals surface area contributed by atoms with Crippen molar-refractivity contribution in [2.45, 2.75) is 20.3 Å². The van der Waals surface area contributed by atoms with Crippen LogP contribution < -0.4 is 10.6 Å². The third-order valence-electron chi connectivity index (χ3n) is 2.74. The lowest BCUT2D eigenvalue weighted by Crippen LogP contribution is -2.07. The van der Waals surface area contributed by atoms with Crippen molar-refractivity contribution < 1.29 is 4.39 Å². The van der Waals surface area contributed by atoms with Crippen LogP contribution in [0.2, 0.25) is 5.02 Å². The van der Waals surface area contributed by atoms with Gasteiger partial charge < -0.3 is 10.6 Å². The average molecular weight is 295 g/mol. The van der Waals surface area contributed by atoms with E-state index in [1.807, 2.05) is 19.9 Å². The predicted molar refractivity (Wildman–Crippen MR) is 80.2 cm³/mol. The Morgan fingerprint density at radius 2 is 2.15 bits per heavy atom. The van der Waals surface area contributed by atoms with E-state index >= 15 is 0 Å². The molecule has 20 heavy (non-hydrogen) atoms. The first-order valence-electron chi connectivity index (χ1n) is 6.40. The van der Waals surface area contributed by atoms with E-state index in [4.69, 9.17) is 11.6 Å². The lowest BCUT2D eigenvalue weighted by Gasteiger charge is -2.12. The molecular weight excluding hydrogens is 279 g/mol. The van der Waals surface area contributed by atoms with Gasteiger partial charge in [-0.2, -0.15) is 4.98 Å². The second-order valence-electron chi connectivity index (χ2n) is 4.37. The lowest BCUT2D eigenvalue weighted by atomic mass is 10.2. The van der Waals surface area contributed by atoms with E-state index in [1.165, 1.54) is 12.3 Å². The van der Waals surface area contributed by atoms with Crippen molar-refractivity contribution in [1.29, 1.82) is 0 Å². The third kappa shape index (κ3) is 3.36. The van der Waals surface area contributed by atoms with Gasteiger partial charge in [0.2, 0.25) is 5.95 Å². The maximum atomic E-state index is 13.8. The second-order valence-corrected chi connectivity index (χ2v) is 4.78. The molecule has 0 amide bonds. The fourth-order valence-electron chi connectivity index (χ4n) is 1.69. The number of aromatic nitrogens is 2. The molecule has 0 aliphatic rings. The zero-order valence-electron chi connectivity index (χ0n) is 11.4. The molecule has 0 atom stereocenters. The summed E-state index contributed by atoms with van der Waals surface area (Å²) in [7, 11) is 0. The highest BCUT2D eigenvalue weighted by Crippen LogP contribution is 2.27. The van der Waals surface area contributed by atoms with Crippen LogP contribution >= 0.6 is 11.6 Å². The van der Waals surface area contributed by atoms with Crippen LogP contribution in [0.15, 0.2) is 24.4 Å². The smallest absolute Gasteiger partial charge is 0.224 e. The van der Waals surface area contributed by atoms with Gasteiger partial charge in [-0.15, -0.1) is 0 Å². The maximum absolute atomic E-state index is 13.8. The Hall–Kier alpha value is -1.88. The molecule has 0 saturated carbocycles. The van der Waals surface area contributed by atoms with Crippen LogP contribution in [0.1, 0.15) is 18.9 Å². The minimum absolute atomic E-state index is 0.342. The molecule has 1 heterocycles. The molecule has 4 nitrogen and oxygen atoms in total. The maximum Gasteiger partial charge on any atom is 0.224 e. The van der Waals surface area contributed by atoms with Crippen molar-refractivity contribution in [2.24, 2.45) is 0 Å². The normalized spacial score (nSPS) is 10.4. The van der Waals surface area contributed by atoms with Gasteiger partial charge in [-0.05, 0) is 25.0 Å². The first kappa shape index (κ1) is 14.5. The van der Waals surface area contributed by atoms with Gasteiger partial charge in [0.25, 0.3) is 0 Å². The van der Waals surface area contributed by atoms with E-state index in [0.717, 1.165) is 18.5 Å². The minimum Gasteiger partial charge on any atom is -0.354 e. The largest absolute Gasteiger partial charge is 0.354 e. The van der Waals surface area contributed by atoms with Crippen molar-refractivity contribution >= 4 is 29.1 Å². The molecule has 2 N–H and O–H groups in total. The topological polar surface area (TPSA) is 49.8 Å². The van der Waals surface area contributed by atoms with Crippen molar-refractivity contribution in [3.8, 4) is 0 Å². The number of rotatable bonds is 5. The number of halogens is 2. The standard InChI is InChI=1S/C14H16ClFN4/c1-3-7-17-14-18-8-10(15)13(20-14)19-12-9(2)5-4-6-11(12)16/h4-6,8H,3,7H2,1-2H3,(H2,17,18,19,20). The summed E-state index contributed by atoms with van der Waals surface area (Å²) < 4.78 is 13.8. The van der Waals surface area contributed by atoms with E-state index in [0.29, 0.717) is 22.5 Å². The molecule has 1 aromatic heterocycles. The van der Waals surface area contributed by atoms with Gasteiger partial charge in [0.05, 0.1) is 11.9 Å². The minimum atomic E-state index is -0.345. The molecule has 0 aliphatic heterocycles. The van der Waals surface area contributed by atoms with Gasteiger partial charge in [-0.25, -0.2) is 9.37 Å². The average Bonchev–Trinajstić information content (AvgIpc) is 2.43. The Kier molecular flexibility index (Phi) is 4.74. The van der Waals surface area contributed by atoms with Crippen LogP contribution in [0, 0.1) is 12.7 Å². The Morgan fingerprint density at radius 3 is 2.85 bits per heavy atom. The number of hydrogen-bond donors (Lipinski definition) is 2. The van der Waals surface area contributed by atoms with Crippen LogP contribution in [0.3, 0.4) is 0 Å². The molecule has 0 saturated heterocycles. The highest BCUT2D eigenvalue weighted by molar-refractivity contribution is 6.32. The molecule has 0 spiro atoms. The van der Waals surface area contributed by atoms with Crippen molar-refractivity contribution in [3.05, 3.63) is 40.8 Å². The van der Waals surface area contributed by atoms with Crippen molar-refractivity contribution in [3.63, 3.8) is 0 Å². The van der Waals surface area contributed by atoms with E-state index in [2.05, 4.69) is 20.6 Å². The molecule has 2 rings (SSSR count). The van der Waals surface area contributed by atoms with E-state index in [1.54, 1.807) is 6.07 Å². The van der Waals surface area contributed by atoms with E-state index in [-0.39, 0.29) is 5.82 Å². The van der Waals surface area contributed by atoms with Gasteiger partial charge >= 0.3 is 0 Å². The van der Waals surface area contributed by atoms with Crippen molar-refractivity contribution in [1.82, 2.24) is 9.97 Å². The molecular formula is C14H16ClFN4. The molecule has 0 unspecified atom stereocenters. The molecule has 1 aromatic carbocycles. The summed E-state index contributed by atoms with van der Waals surface area (Å²) in [6.45, 7) is 4.63. The van der Waals surface area contributed by atoms with Crippen LogP contribution in [0.5, 0.6) is 0 Å². The molecule has 2 aromatic rings. The Labute approximate surface area is 122 Å². The van der Waals surface area contributed by atoms with Gasteiger partial charge in [-0.3, -0.25) is 0 Å². The van der Waals surface area contributed by atoms with Crippen LogP contribution in [0.4, 0.5) is 21.8 Å². The quantitative estimate of drug-likeness (QED) is 0.870. The second kappa shape index (κ2) is 6.52. The summed E-state index contributed by atoms with van der Waals surface area (Å²) in [4.78, 5) is 8.33. The molecule has 106 valence electrons. The number of aryl methyl sites for hydroxylation is 1. The first-order valence-corrected chi connectivity index (χ1v) is 6.78. The zero-order valence-corrected chi connectivity index (χ0v) is 12.1. The number of benzene rings is 1. The number of hydrogen-bond acceptors (Lipinski definition) is 4. The van der Waals surface area contributed by atoms with Gasteiger partial charge in [0.1, 0.15) is 10.8 Å². The van der Waals surface area contributed by atoms with Crippen LogP contribution in [0.25, 0.3) is 0 Å². The number of nitrogens with one attached hydrogen (secondary N) is 2. The van der Waals surface area contributed by atoms with Gasteiger partial charge in [-0.1, -0.05) is 30.7 Å². The van der Waals surface area contributed by atoms with Gasteiger partial charge in [0, 0.05) is 6.54 Å². The van der Waals surface area contributed by atoms with Crippen LogP contribution in [-0.4, -0.2) is 16.5 Å². The monoisotopic (exact) mass is 294 g/mol. The van der Waals surface area contributed by atoms with Gasteiger partial charge in [0.15, 0.2) is 5.82 Å². The predicted octanol–water partition coefficient (Wildman–Crippen LogP) is 4.14. The highest BCUT2D eigenvalue weighted by Gasteiger charge is 2.10. The zero-order chi connectivity index (χ0) is 14.5. The molecule has 0 aliphatic carbocycles. The number of para-hydroxylation sites is 1. The fraction of sp³-hybridized carbons (Fsp3) is 0.286. The Morgan fingerprint density at radius 1 is 1.35 bits per heavy atom. The Balaban J connectivity index is 2.28. The van der Waals surface area contributed by atoms with E-state index in [9.17, 15) is 4.39 Å². The summed E-state index contributed by atoms with van der Waals surface area (Å²) in [6.07, 6.45) is 2.45. The first-order chi connectivity index (χ1) is 9.61. The summed E-state index contributed by atoms with van der Waals surface area (Å²) in [5.74, 6) is 0.504. The Bertz CT molecular complexity index is 583. The van der Waals surface area contributed by atoms with Crippen LogP contribution in [-0.2, 0) is 0 Å². The highest BCUT2D eigenvalue weighted by atomic mass is 35.5. The summed E-state index contributed by atoms with van der Waals surface area (Å²) in [6, 6.07) is 4.86. The molecule has 0 radical (unpaired) electrons. The summed E-state index contributed by atoms with van der Waals surface area (Å²) >= 11 is 6.05. The SMILES string of the molecule is CCCNc1ncc(Cl)c(Nc2c(C)cccc2F)n1. The molecule has 0 bridgehead atoms. The lowest BCUT2D eigenvalue weighted by molar-refractivity contribution is 0.631. The molecule has 6 heteroatoms. The van der Waals surface area contributed by atoms with E-state index < -0.39 is 0 Å². The fourth-order valence-corrected chi connectivity index (χ4v) is 1.82. The third-order valence-corrected chi connectivity index (χ3v) is 3.02. The molecule has 0 fully saturated rings. The number of nitrogens with zero attached hydrogens (tertiary/aromatic N) is 2. The van der Waals surface area contributed by atoms with Crippen molar-refractivity contribution in [2.75, 3.05) is 17.2 Å². The summed E-state index contributed by atoms with van der Waals surface area (Å²) in [5, 5.41) is 6.33. The number of anilines is 3. The summed E-state index contributed by atoms with van der Waals surface area (Å²) in [5.41, 5.74) is 1.15.